The summed E-state index contributed by atoms with van der Waals surface area (Å²) in [4.78, 5) is 12.4. The zero-order valence-electron chi connectivity index (χ0n) is 12.8. The van der Waals surface area contributed by atoms with Gasteiger partial charge in [0, 0.05) is 12.7 Å². The molecule has 0 aliphatic carbocycles. The van der Waals surface area contributed by atoms with Crippen molar-refractivity contribution in [3.8, 4) is 0 Å². The summed E-state index contributed by atoms with van der Waals surface area (Å²) in [7, 11) is 1.70. The number of nitrogens with zero attached hydrogens (tertiary/aromatic N) is 4. The molecule has 0 unspecified atom stereocenters. The monoisotopic (exact) mass is 305 g/mol. The molecular formula is C17H15N5O. The zero-order chi connectivity index (χ0) is 16.0. The minimum Gasteiger partial charge on any atom is -0.324 e. The highest BCUT2D eigenvalue weighted by molar-refractivity contribution is 5.81. The van der Waals surface area contributed by atoms with E-state index in [-0.39, 0.29) is 5.56 Å². The molecule has 0 aliphatic rings. The molecule has 0 amide bonds. The van der Waals surface area contributed by atoms with Crippen LogP contribution >= 0.6 is 0 Å². The first-order chi connectivity index (χ1) is 11.1. The number of nitrogens with one attached hydrogen (secondary N) is 1. The lowest BCUT2D eigenvalue weighted by Gasteiger charge is -2.09. The van der Waals surface area contributed by atoms with Gasteiger partial charge in [0.05, 0.1) is 10.9 Å². The molecule has 0 bridgehead atoms. The van der Waals surface area contributed by atoms with E-state index >= 15 is 0 Å². The van der Waals surface area contributed by atoms with Crippen molar-refractivity contribution in [3.63, 3.8) is 0 Å². The van der Waals surface area contributed by atoms with Crippen LogP contribution < -0.4 is 10.9 Å². The van der Waals surface area contributed by atoms with E-state index in [1.165, 1.54) is 10.1 Å². The summed E-state index contributed by atoms with van der Waals surface area (Å²) in [6.45, 7) is 2.04. The first-order valence-corrected chi connectivity index (χ1v) is 7.32. The van der Waals surface area contributed by atoms with Gasteiger partial charge in [-0.1, -0.05) is 29.8 Å². The number of hydrogen-bond donors (Lipinski definition) is 1. The van der Waals surface area contributed by atoms with Gasteiger partial charge in [0.15, 0.2) is 0 Å². The maximum atomic E-state index is 12.4. The van der Waals surface area contributed by atoms with Gasteiger partial charge in [-0.15, -0.1) is 10.2 Å². The molecule has 0 atom stereocenters. The molecule has 0 saturated heterocycles. The maximum Gasteiger partial charge on any atom is 0.262 e. The lowest BCUT2D eigenvalue weighted by Crippen LogP contribution is -2.20. The van der Waals surface area contributed by atoms with Gasteiger partial charge >= 0.3 is 0 Å². The van der Waals surface area contributed by atoms with Crippen molar-refractivity contribution < 1.29 is 0 Å². The molecule has 0 fully saturated rings. The summed E-state index contributed by atoms with van der Waals surface area (Å²) in [6, 6.07) is 15.5. The Morgan fingerprint density at radius 3 is 2.52 bits per heavy atom. The minimum atomic E-state index is -0.0811. The fourth-order valence-corrected chi connectivity index (χ4v) is 2.68. The first-order valence-electron chi connectivity index (χ1n) is 7.32. The van der Waals surface area contributed by atoms with Crippen LogP contribution in [0, 0.1) is 6.92 Å². The number of fused-ring (bicyclic) bond motifs is 3. The quantitative estimate of drug-likeness (QED) is 0.618. The van der Waals surface area contributed by atoms with Crippen LogP contribution in [0.5, 0.6) is 0 Å². The third-order valence-electron chi connectivity index (χ3n) is 3.93. The van der Waals surface area contributed by atoms with Crippen LogP contribution in [0.1, 0.15) is 5.56 Å². The van der Waals surface area contributed by atoms with E-state index in [1.54, 1.807) is 7.05 Å². The summed E-state index contributed by atoms with van der Waals surface area (Å²) < 4.78 is 3.37. The number of para-hydroxylation sites is 1. The Balaban J connectivity index is 1.98. The second-order valence-corrected chi connectivity index (χ2v) is 5.53. The highest BCUT2D eigenvalue weighted by Gasteiger charge is 2.14. The van der Waals surface area contributed by atoms with Crippen molar-refractivity contribution in [2.24, 2.45) is 7.05 Å². The van der Waals surface area contributed by atoms with Crippen molar-refractivity contribution in [1.29, 1.82) is 0 Å². The van der Waals surface area contributed by atoms with E-state index < -0.39 is 0 Å². The van der Waals surface area contributed by atoms with Crippen molar-refractivity contribution in [2.75, 3.05) is 5.32 Å². The van der Waals surface area contributed by atoms with Crippen molar-refractivity contribution >= 4 is 28.3 Å². The number of anilines is 2. The number of hydrogen-bond acceptors (Lipinski definition) is 4. The van der Waals surface area contributed by atoms with E-state index in [2.05, 4.69) is 15.5 Å². The van der Waals surface area contributed by atoms with Gasteiger partial charge in [-0.25, -0.2) is 4.40 Å². The Morgan fingerprint density at radius 1 is 1.00 bits per heavy atom. The molecule has 6 nitrogen and oxygen atoms in total. The van der Waals surface area contributed by atoms with E-state index in [1.807, 2.05) is 59.9 Å². The van der Waals surface area contributed by atoms with Gasteiger partial charge in [0.2, 0.25) is 11.7 Å². The van der Waals surface area contributed by atoms with Crippen LogP contribution in [-0.4, -0.2) is 19.2 Å². The fraction of sp³-hybridized carbons (Fsp3) is 0.118. The Morgan fingerprint density at radius 2 is 1.74 bits per heavy atom. The smallest absolute Gasteiger partial charge is 0.262 e. The van der Waals surface area contributed by atoms with Crippen LogP contribution in [0.2, 0.25) is 0 Å². The van der Waals surface area contributed by atoms with Crippen LogP contribution in [0.4, 0.5) is 11.6 Å². The summed E-state index contributed by atoms with van der Waals surface area (Å²) >= 11 is 0. The number of aryl methyl sites for hydroxylation is 2. The Labute approximate surface area is 132 Å². The highest BCUT2D eigenvalue weighted by atomic mass is 16.1. The third-order valence-corrected chi connectivity index (χ3v) is 3.93. The second-order valence-electron chi connectivity index (χ2n) is 5.53. The van der Waals surface area contributed by atoms with Crippen LogP contribution in [-0.2, 0) is 7.05 Å². The third kappa shape index (κ3) is 2.07. The minimum absolute atomic E-state index is 0.0811. The number of benzene rings is 2. The molecule has 4 aromatic rings. The number of rotatable bonds is 2. The predicted octanol–water partition coefficient (Wildman–Crippen LogP) is 2.63. The molecular weight excluding hydrogens is 290 g/mol. The molecule has 6 heteroatoms. The molecule has 0 saturated carbocycles. The Kier molecular flexibility index (Phi) is 2.90. The average Bonchev–Trinajstić information content (AvgIpc) is 2.99. The number of aromatic nitrogens is 4. The first kappa shape index (κ1) is 13.5. The zero-order valence-corrected chi connectivity index (χ0v) is 12.8. The van der Waals surface area contributed by atoms with Gasteiger partial charge in [0.25, 0.3) is 5.56 Å². The topological polar surface area (TPSA) is 64.2 Å². The van der Waals surface area contributed by atoms with E-state index in [9.17, 15) is 4.79 Å². The fourth-order valence-electron chi connectivity index (χ4n) is 2.68. The SMILES string of the molecule is Cc1ccc(Nc2nnc3n(C)c(=O)c4ccccc4n23)cc1. The Hall–Kier alpha value is -3.15. The molecule has 0 spiro atoms. The van der Waals surface area contributed by atoms with Gasteiger partial charge in [-0.3, -0.25) is 9.36 Å². The molecule has 4 rings (SSSR count). The normalized spacial score (nSPS) is 11.2. The van der Waals surface area contributed by atoms with E-state index in [0.717, 1.165) is 11.2 Å². The molecule has 114 valence electrons. The molecule has 23 heavy (non-hydrogen) atoms. The van der Waals surface area contributed by atoms with Gasteiger partial charge in [-0.2, -0.15) is 0 Å². The maximum absolute atomic E-state index is 12.4. The van der Waals surface area contributed by atoms with Crippen molar-refractivity contribution in [1.82, 2.24) is 19.2 Å². The standard InChI is InChI=1S/C17H15N5O/c1-11-7-9-12(10-8-11)18-16-19-20-17-21(2)15(23)13-5-3-4-6-14(13)22(16)17/h3-10H,1-2H3,(H,18,19). The van der Waals surface area contributed by atoms with Crippen LogP contribution in [0.15, 0.2) is 53.3 Å². The van der Waals surface area contributed by atoms with Gasteiger partial charge in [-0.05, 0) is 31.2 Å². The summed E-state index contributed by atoms with van der Waals surface area (Å²) in [5, 5.41) is 12.3. The molecule has 0 radical (unpaired) electrons. The molecule has 0 aliphatic heterocycles. The lowest BCUT2D eigenvalue weighted by atomic mass is 10.2. The van der Waals surface area contributed by atoms with Crippen LogP contribution in [0.25, 0.3) is 16.7 Å². The van der Waals surface area contributed by atoms with Gasteiger partial charge in [0.1, 0.15) is 0 Å². The molecule has 2 aromatic carbocycles. The van der Waals surface area contributed by atoms with E-state index in [4.69, 9.17) is 0 Å². The lowest BCUT2D eigenvalue weighted by molar-refractivity contribution is 0.859. The molecule has 1 N–H and O–H groups in total. The van der Waals surface area contributed by atoms with Crippen molar-refractivity contribution in [2.45, 2.75) is 6.92 Å². The van der Waals surface area contributed by atoms with Crippen molar-refractivity contribution in [3.05, 3.63) is 64.4 Å². The molecule has 2 heterocycles. The summed E-state index contributed by atoms with van der Waals surface area (Å²) in [6.07, 6.45) is 0. The second kappa shape index (κ2) is 4.95. The molecule has 2 aromatic heterocycles. The van der Waals surface area contributed by atoms with Gasteiger partial charge < -0.3 is 5.32 Å². The summed E-state index contributed by atoms with van der Waals surface area (Å²) in [5.41, 5.74) is 2.81. The largest absolute Gasteiger partial charge is 0.324 e. The predicted molar refractivity (Wildman–Crippen MR) is 90.2 cm³/mol. The summed E-state index contributed by atoms with van der Waals surface area (Å²) in [5.74, 6) is 1.08. The van der Waals surface area contributed by atoms with E-state index in [0.29, 0.717) is 17.1 Å². The Bertz CT molecular complexity index is 1080. The average molecular weight is 305 g/mol. The highest BCUT2D eigenvalue weighted by Crippen LogP contribution is 2.20. The van der Waals surface area contributed by atoms with Crippen LogP contribution in [0.3, 0.4) is 0 Å².